The second-order valence-corrected chi connectivity index (χ2v) is 25.3. The molecule has 3 saturated heterocycles. The van der Waals surface area contributed by atoms with Crippen molar-refractivity contribution >= 4 is 65.0 Å². The lowest BCUT2D eigenvalue weighted by Gasteiger charge is -2.45. The van der Waals surface area contributed by atoms with Gasteiger partial charge in [0.15, 0.2) is 0 Å². The van der Waals surface area contributed by atoms with Gasteiger partial charge < -0.3 is 54.7 Å². The number of aryl methyl sites for hydroxylation is 1. The molecule has 6 rings (SSSR count). The molecule has 2 N–H and O–H groups in total. The van der Waals surface area contributed by atoms with Gasteiger partial charge >= 0.3 is 0 Å². The smallest absolute Gasteiger partial charge is 0.248 e. The molecule has 22 heteroatoms. The third-order valence-electron chi connectivity index (χ3n) is 18.9. The molecular weight excluding hydrogens is 1070 g/mol. The molecule has 1 spiro atoms. The van der Waals surface area contributed by atoms with Gasteiger partial charge in [0.1, 0.15) is 53.9 Å². The first-order valence-corrected chi connectivity index (χ1v) is 30.7. The molecule has 2 saturated carbocycles. The summed E-state index contributed by atoms with van der Waals surface area (Å²) in [5, 5.41) is 6.05. The van der Waals surface area contributed by atoms with Crippen LogP contribution in [0.3, 0.4) is 0 Å². The zero-order valence-electron chi connectivity index (χ0n) is 52.6. The molecule has 11 amide bonds. The van der Waals surface area contributed by atoms with Crippen LogP contribution in [0.4, 0.5) is 0 Å². The molecule has 0 bridgehead atoms. The summed E-state index contributed by atoms with van der Waals surface area (Å²) in [6.07, 6.45) is 5.84. The number of nitrogens with zero attached hydrogens (tertiary/aromatic N) is 9. The molecule has 3 heterocycles. The van der Waals surface area contributed by atoms with Crippen LogP contribution >= 0.6 is 0 Å². The van der Waals surface area contributed by atoms with Crippen LogP contribution in [0.2, 0.25) is 0 Å². The van der Waals surface area contributed by atoms with Gasteiger partial charge in [-0.1, -0.05) is 89.6 Å². The Balaban J connectivity index is 1.42. The summed E-state index contributed by atoms with van der Waals surface area (Å²) in [4.78, 5) is 175. The topological polar surface area (TPSA) is 241 Å². The molecule has 0 radical (unpaired) electrons. The SMILES string of the molecule is CC[C@H](C)[C@@H]1NC(=O)[C@H](CC(C)C)N(C)C(=O)C[C@@H](C(=O)N(C)C)N(C)C(=O)[C@H](C2CCCC2)N(C)C(=O)C2(CCCC2)NC(=O)[C@@H]2CCCN2C(=O)CN(C)C(=O)[C@H](Cc2ccc(C)cc2)N(CC)C(=O)[C@@H]2CCN2C(=O)[C@H](C)N(C)C1=O. The van der Waals surface area contributed by atoms with E-state index in [1.807, 2.05) is 52.0 Å². The van der Waals surface area contributed by atoms with E-state index in [2.05, 4.69) is 10.6 Å². The van der Waals surface area contributed by atoms with E-state index in [1.54, 1.807) is 27.8 Å². The first-order chi connectivity index (χ1) is 39.6. The number of likely N-dealkylation sites (N-methyl/N-ethyl adjacent to an activating group) is 7. The molecule has 1 aromatic rings. The highest BCUT2D eigenvalue weighted by Crippen LogP contribution is 2.37. The highest BCUT2D eigenvalue weighted by molar-refractivity contribution is 6.01. The fourth-order valence-corrected chi connectivity index (χ4v) is 13.2. The third-order valence-corrected chi connectivity index (χ3v) is 18.9. The van der Waals surface area contributed by atoms with Crippen LogP contribution in [0.25, 0.3) is 0 Å². The second-order valence-electron chi connectivity index (χ2n) is 25.3. The molecule has 5 aliphatic rings. The fraction of sp³-hybridized carbons (Fsp3) is 0.726. The number of rotatable bonds is 9. The molecule has 3 aliphatic heterocycles. The van der Waals surface area contributed by atoms with Crippen LogP contribution in [0.15, 0.2) is 24.3 Å². The quantitative estimate of drug-likeness (QED) is 0.365. The fourth-order valence-electron chi connectivity index (χ4n) is 13.2. The summed E-state index contributed by atoms with van der Waals surface area (Å²) >= 11 is 0. The van der Waals surface area contributed by atoms with E-state index in [0.717, 1.165) is 24.0 Å². The lowest BCUT2D eigenvalue weighted by Crippen LogP contribution is -2.65. The molecule has 466 valence electrons. The Morgan fingerprint density at radius 3 is 1.86 bits per heavy atom. The average molecular weight is 1170 g/mol. The maximum atomic E-state index is 15.3. The van der Waals surface area contributed by atoms with Crippen LogP contribution < -0.4 is 10.6 Å². The van der Waals surface area contributed by atoms with Crippen molar-refractivity contribution in [2.45, 2.75) is 199 Å². The zero-order chi connectivity index (χ0) is 62.2. The maximum absolute atomic E-state index is 15.3. The predicted molar refractivity (Wildman–Crippen MR) is 316 cm³/mol. The van der Waals surface area contributed by atoms with Crippen LogP contribution in [0.5, 0.6) is 0 Å². The Morgan fingerprint density at radius 2 is 1.30 bits per heavy atom. The van der Waals surface area contributed by atoms with Gasteiger partial charge in [0.2, 0.25) is 65.0 Å². The van der Waals surface area contributed by atoms with E-state index in [-0.39, 0.29) is 57.2 Å². The van der Waals surface area contributed by atoms with Gasteiger partial charge in [-0.25, -0.2) is 0 Å². The van der Waals surface area contributed by atoms with Gasteiger partial charge in [0.25, 0.3) is 0 Å². The first-order valence-electron chi connectivity index (χ1n) is 30.7. The van der Waals surface area contributed by atoms with E-state index >= 15 is 9.59 Å². The van der Waals surface area contributed by atoms with Crippen LogP contribution in [0, 0.1) is 24.7 Å². The van der Waals surface area contributed by atoms with Gasteiger partial charge in [-0.15, -0.1) is 0 Å². The minimum atomic E-state index is -1.43. The van der Waals surface area contributed by atoms with Crippen molar-refractivity contribution < 1.29 is 52.7 Å². The summed E-state index contributed by atoms with van der Waals surface area (Å²) in [7, 11) is 10.4. The Bertz CT molecular complexity index is 2600. The molecule has 9 atom stereocenters. The largest absolute Gasteiger partial charge is 0.347 e. The van der Waals surface area contributed by atoms with Crippen molar-refractivity contribution in [2.24, 2.45) is 17.8 Å². The predicted octanol–water partition coefficient (Wildman–Crippen LogP) is 2.82. The van der Waals surface area contributed by atoms with E-state index < -0.39 is 138 Å². The van der Waals surface area contributed by atoms with Gasteiger partial charge in [-0.3, -0.25) is 52.7 Å². The Labute approximate surface area is 498 Å². The summed E-state index contributed by atoms with van der Waals surface area (Å²) < 4.78 is 0. The first kappa shape index (κ1) is 66.5. The van der Waals surface area contributed by atoms with E-state index in [1.165, 1.54) is 86.4 Å². The van der Waals surface area contributed by atoms with Crippen molar-refractivity contribution in [2.75, 3.05) is 75.5 Å². The number of benzene rings is 1. The molecule has 1 aromatic carbocycles. The minimum absolute atomic E-state index is 0.0787. The standard InChI is InChI=1S/C62H97N11O11/c1-15-40(6)51-59(82)67(11)41(7)55(78)73-33-29-45(73)58(81)71(16-2)48(35-42-27-25-39(5)26-28-42)57(80)66(10)37-50(75)72-32-21-24-44(72)54(77)64-62(30-19-20-31-62)61(84)70(14)52(43-22-17-18-23-43)60(83)69(13)47(56(79)65(8)9)36-49(74)68(12)46(34-38(3)4)53(76)63-51/h25-28,38,40-41,43-48,51-52H,15-24,29-37H2,1-14H3,(H,63,76)(H,64,77)/t40-,41-,44-,45-,46-,47-,48-,51-,52-/m0/s1. The van der Waals surface area contributed by atoms with Crippen LogP contribution in [-0.2, 0) is 59.2 Å². The molecule has 22 nitrogen and oxygen atoms in total. The van der Waals surface area contributed by atoms with Crippen molar-refractivity contribution in [3.63, 3.8) is 0 Å². The summed E-state index contributed by atoms with van der Waals surface area (Å²) in [6, 6.07) is -1.33. The van der Waals surface area contributed by atoms with Gasteiger partial charge in [-0.2, -0.15) is 0 Å². The van der Waals surface area contributed by atoms with Crippen molar-refractivity contribution in [3.8, 4) is 0 Å². The Morgan fingerprint density at radius 1 is 0.667 bits per heavy atom. The van der Waals surface area contributed by atoms with Gasteiger partial charge in [0.05, 0.1) is 13.0 Å². The molecule has 84 heavy (non-hydrogen) atoms. The summed E-state index contributed by atoms with van der Waals surface area (Å²) in [6.45, 7) is 12.8. The van der Waals surface area contributed by atoms with Crippen LogP contribution in [0.1, 0.15) is 143 Å². The van der Waals surface area contributed by atoms with E-state index in [9.17, 15) is 43.2 Å². The molecule has 2 aliphatic carbocycles. The van der Waals surface area contributed by atoms with E-state index in [4.69, 9.17) is 0 Å². The number of hydrogen-bond donors (Lipinski definition) is 2. The molecule has 5 fully saturated rings. The maximum Gasteiger partial charge on any atom is 0.248 e. The van der Waals surface area contributed by atoms with Gasteiger partial charge in [-0.05, 0) is 95.5 Å². The lowest BCUT2D eigenvalue weighted by molar-refractivity contribution is -0.161. The number of fused-ring (bicyclic) bond motifs is 2. The molecule has 0 aromatic heterocycles. The minimum Gasteiger partial charge on any atom is -0.347 e. The summed E-state index contributed by atoms with van der Waals surface area (Å²) in [5.41, 5.74) is 0.321. The van der Waals surface area contributed by atoms with Crippen molar-refractivity contribution in [1.82, 2.24) is 54.7 Å². The number of amides is 11. The van der Waals surface area contributed by atoms with E-state index in [0.29, 0.717) is 51.4 Å². The number of nitrogens with one attached hydrogen (secondary N) is 2. The Kier molecular flexibility index (Phi) is 22.6. The number of carbonyl (C=O) groups is 11. The van der Waals surface area contributed by atoms with Gasteiger partial charge in [0, 0.05) is 75.4 Å². The third kappa shape index (κ3) is 14.5. The highest BCUT2D eigenvalue weighted by atomic mass is 16.2. The molecular formula is C62H97N11O11. The lowest BCUT2D eigenvalue weighted by atomic mass is 9.90. The highest BCUT2D eigenvalue weighted by Gasteiger charge is 2.52. The van der Waals surface area contributed by atoms with Crippen molar-refractivity contribution in [3.05, 3.63) is 35.4 Å². The number of carbonyl (C=O) groups excluding carboxylic acids is 11. The normalized spacial score (nSPS) is 28.0. The average Bonchev–Trinajstić information content (AvgIpc) is 4.35. The summed E-state index contributed by atoms with van der Waals surface area (Å²) in [5.74, 6) is -6.85. The zero-order valence-corrected chi connectivity index (χ0v) is 52.6. The monoisotopic (exact) mass is 1170 g/mol. The van der Waals surface area contributed by atoms with Crippen molar-refractivity contribution in [1.29, 1.82) is 0 Å². The Hall–Kier alpha value is -6.61. The second kappa shape index (κ2) is 28.5. The van der Waals surface area contributed by atoms with Crippen LogP contribution in [-0.4, -0.2) is 238 Å². The number of hydrogen-bond acceptors (Lipinski definition) is 11. The molecule has 0 unspecified atom stereocenters.